The number of nitriles is 1. The number of aromatic nitrogens is 2. The lowest BCUT2D eigenvalue weighted by Crippen LogP contribution is -2.31. The highest BCUT2D eigenvalue weighted by molar-refractivity contribution is 6.30. The second-order valence-corrected chi connectivity index (χ2v) is 9.63. The first-order valence-corrected chi connectivity index (χ1v) is 12.7. The molecule has 1 amide bonds. The fourth-order valence-electron chi connectivity index (χ4n) is 4.58. The molecule has 1 aliphatic heterocycles. The largest absolute Gasteiger partial charge is 0.481 e. The summed E-state index contributed by atoms with van der Waals surface area (Å²) >= 11 is 6.02. The van der Waals surface area contributed by atoms with E-state index in [9.17, 15) is 20.0 Å². The summed E-state index contributed by atoms with van der Waals surface area (Å²) in [4.78, 5) is 31.1. The number of unbranched alkanes of at least 4 members (excludes halogenated alkanes) is 1. The lowest BCUT2D eigenvalue weighted by atomic mass is 10.1. The first-order valence-electron chi connectivity index (χ1n) is 12.3. The van der Waals surface area contributed by atoms with E-state index in [1.165, 1.54) is 0 Å². The van der Waals surface area contributed by atoms with Crippen LogP contribution in [0.3, 0.4) is 0 Å². The van der Waals surface area contributed by atoms with Crippen molar-refractivity contribution in [3.63, 3.8) is 0 Å². The number of likely N-dealkylation sites (tertiary alicyclic amines) is 1. The van der Waals surface area contributed by atoms with E-state index in [4.69, 9.17) is 21.3 Å². The zero-order chi connectivity index (χ0) is 26.4. The minimum atomic E-state index is -0.886. The number of carbonyl (C=O) groups excluding carboxylic acids is 1. The summed E-state index contributed by atoms with van der Waals surface area (Å²) in [5, 5.41) is 19.3. The maximum absolute atomic E-state index is 13.4. The molecule has 8 nitrogen and oxygen atoms in total. The number of nitrogens with zero attached hydrogens (tertiary/aromatic N) is 4. The summed E-state index contributed by atoms with van der Waals surface area (Å²) in [7, 11) is 1.87. The van der Waals surface area contributed by atoms with Crippen LogP contribution in [0.2, 0.25) is 5.02 Å². The summed E-state index contributed by atoms with van der Waals surface area (Å²) < 4.78 is 7.70. The molecule has 1 aliphatic rings. The number of ether oxygens (including phenoxy) is 1. The number of halogens is 1. The second-order valence-electron chi connectivity index (χ2n) is 9.20. The summed E-state index contributed by atoms with van der Waals surface area (Å²) in [6.07, 6.45) is 2.62. The van der Waals surface area contributed by atoms with Crippen molar-refractivity contribution in [1.29, 1.82) is 5.26 Å². The van der Waals surface area contributed by atoms with Crippen LogP contribution in [0.5, 0.6) is 0 Å². The molecule has 2 aromatic carbocycles. The molecule has 0 aliphatic carbocycles. The molecule has 192 valence electrons. The Morgan fingerprint density at radius 1 is 1.22 bits per heavy atom. The second kappa shape index (κ2) is 12.0. The molecule has 4 rings (SSSR count). The van der Waals surface area contributed by atoms with Gasteiger partial charge in [-0.25, -0.2) is 4.98 Å². The van der Waals surface area contributed by atoms with Crippen molar-refractivity contribution in [3.8, 4) is 17.5 Å². The predicted molar refractivity (Wildman–Crippen MR) is 139 cm³/mol. The third kappa shape index (κ3) is 6.37. The Morgan fingerprint density at radius 3 is 2.76 bits per heavy atom. The molecule has 0 spiro atoms. The van der Waals surface area contributed by atoms with Gasteiger partial charge in [0.2, 0.25) is 0 Å². The third-order valence-electron chi connectivity index (χ3n) is 6.60. The van der Waals surface area contributed by atoms with E-state index in [0.29, 0.717) is 54.7 Å². The van der Waals surface area contributed by atoms with Gasteiger partial charge in [-0.1, -0.05) is 35.9 Å². The molecule has 1 N–H and O–H groups in total. The standard InChI is InChI=1S/C28H29ClN4O4/c1-32-24(10-2-3-13-37-18-20-7-5-9-23(29)15-20)25(27(34)33-12-11-22(17-33)28(35)36)31-26(32)21-8-4-6-19(14-21)16-30/h4-9,14-15,22H,2-3,10-13,17-18H2,1H3,(H,35,36)/t22-/m0/s1. The third-order valence-corrected chi connectivity index (χ3v) is 6.84. The minimum absolute atomic E-state index is 0.181. The highest BCUT2D eigenvalue weighted by atomic mass is 35.5. The van der Waals surface area contributed by atoms with E-state index < -0.39 is 11.9 Å². The van der Waals surface area contributed by atoms with Crippen molar-refractivity contribution in [1.82, 2.24) is 14.5 Å². The molecule has 1 fully saturated rings. The summed E-state index contributed by atoms with van der Waals surface area (Å²) in [6.45, 7) is 1.62. The van der Waals surface area contributed by atoms with E-state index in [1.807, 2.05) is 41.9 Å². The van der Waals surface area contributed by atoms with Crippen molar-refractivity contribution in [2.45, 2.75) is 32.3 Å². The average Bonchev–Trinajstić information content (AvgIpc) is 3.51. The van der Waals surface area contributed by atoms with Gasteiger partial charge in [0.05, 0.1) is 29.9 Å². The fourth-order valence-corrected chi connectivity index (χ4v) is 4.80. The van der Waals surface area contributed by atoms with E-state index in [0.717, 1.165) is 29.7 Å². The molecule has 0 unspecified atom stereocenters. The molecule has 1 atom stereocenters. The molecule has 0 radical (unpaired) electrons. The Bertz CT molecular complexity index is 1330. The van der Waals surface area contributed by atoms with Crippen LogP contribution in [-0.4, -0.2) is 51.1 Å². The molecule has 1 saturated heterocycles. The number of aliphatic carboxylic acids is 1. The van der Waals surface area contributed by atoms with E-state index in [2.05, 4.69) is 6.07 Å². The zero-order valence-electron chi connectivity index (χ0n) is 20.7. The van der Waals surface area contributed by atoms with Crippen molar-refractivity contribution < 1.29 is 19.4 Å². The number of hydrogen-bond acceptors (Lipinski definition) is 5. The number of benzene rings is 2. The first kappa shape index (κ1) is 26.4. The van der Waals surface area contributed by atoms with Crippen LogP contribution in [0.25, 0.3) is 11.4 Å². The molecule has 37 heavy (non-hydrogen) atoms. The molecular weight excluding hydrogens is 492 g/mol. The number of amides is 1. The Hall–Kier alpha value is -3.67. The van der Waals surface area contributed by atoms with Gasteiger partial charge in [-0.2, -0.15) is 5.26 Å². The van der Waals surface area contributed by atoms with Crippen LogP contribution in [0.15, 0.2) is 48.5 Å². The topological polar surface area (TPSA) is 108 Å². The Kier molecular flexibility index (Phi) is 8.59. The van der Waals surface area contributed by atoms with Gasteiger partial charge >= 0.3 is 5.97 Å². The normalized spacial score (nSPS) is 15.1. The zero-order valence-corrected chi connectivity index (χ0v) is 21.4. The molecule has 0 bridgehead atoms. The summed E-state index contributed by atoms with van der Waals surface area (Å²) in [5.41, 5.74) is 3.40. The molecular formula is C28H29ClN4O4. The Morgan fingerprint density at radius 2 is 2.03 bits per heavy atom. The van der Waals surface area contributed by atoms with Crippen LogP contribution in [0.4, 0.5) is 0 Å². The quantitative estimate of drug-likeness (QED) is 0.388. The molecule has 9 heteroatoms. The summed E-state index contributed by atoms with van der Waals surface area (Å²) in [6, 6.07) is 16.8. The van der Waals surface area contributed by atoms with Gasteiger partial charge in [0.15, 0.2) is 0 Å². The van der Waals surface area contributed by atoms with Crippen LogP contribution in [-0.2, 0) is 29.6 Å². The highest BCUT2D eigenvalue weighted by Gasteiger charge is 2.34. The van der Waals surface area contributed by atoms with Crippen LogP contribution in [0, 0.1) is 17.2 Å². The number of imidazole rings is 1. The number of carboxylic acid groups (broad SMARTS) is 1. The predicted octanol–water partition coefficient (Wildman–Crippen LogP) is 4.70. The number of carbonyl (C=O) groups is 2. The van der Waals surface area contributed by atoms with E-state index >= 15 is 0 Å². The molecule has 3 aromatic rings. The van der Waals surface area contributed by atoms with Gasteiger partial charge in [0.1, 0.15) is 11.5 Å². The van der Waals surface area contributed by atoms with Crippen LogP contribution in [0.1, 0.15) is 46.6 Å². The number of rotatable bonds is 10. The lowest BCUT2D eigenvalue weighted by molar-refractivity contribution is -0.141. The molecule has 1 aromatic heterocycles. The smallest absolute Gasteiger partial charge is 0.308 e. The van der Waals surface area contributed by atoms with E-state index in [-0.39, 0.29) is 12.5 Å². The van der Waals surface area contributed by atoms with Crippen molar-refractivity contribution in [2.75, 3.05) is 19.7 Å². The number of carboxylic acids is 1. The van der Waals surface area contributed by atoms with Gasteiger partial charge in [-0.15, -0.1) is 0 Å². The van der Waals surface area contributed by atoms with Crippen molar-refractivity contribution in [3.05, 3.63) is 76.1 Å². The SMILES string of the molecule is Cn1c(-c2cccc(C#N)c2)nc(C(=O)N2CC[C@H](C(=O)O)C2)c1CCCCOCc1cccc(Cl)c1. The monoisotopic (exact) mass is 520 g/mol. The van der Waals surface area contributed by atoms with Crippen LogP contribution >= 0.6 is 11.6 Å². The van der Waals surface area contributed by atoms with E-state index in [1.54, 1.807) is 23.1 Å². The van der Waals surface area contributed by atoms with Gasteiger partial charge < -0.3 is 19.3 Å². The van der Waals surface area contributed by atoms with Gasteiger partial charge in [0, 0.05) is 37.3 Å². The lowest BCUT2D eigenvalue weighted by Gasteiger charge is -2.15. The Balaban J connectivity index is 1.48. The fraction of sp³-hybridized carbons (Fsp3) is 0.357. The van der Waals surface area contributed by atoms with Crippen LogP contribution < -0.4 is 0 Å². The number of hydrogen-bond donors (Lipinski definition) is 1. The van der Waals surface area contributed by atoms with Gasteiger partial charge in [-0.3, -0.25) is 9.59 Å². The highest BCUT2D eigenvalue weighted by Crippen LogP contribution is 2.27. The minimum Gasteiger partial charge on any atom is -0.481 e. The summed E-state index contributed by atoms with van der Waals surface area (Å²) in [5.74, 6) is -1.10. The molecule has 2 heterocycles. The molecule has 0 saturated carbocycles. The average molecular weight is 521 g/mol. The van der Waals surface area contributed by atoms with Crippen molar-refractivity contribution >= 4 is 23.5 Å². The van der Waals surface area contributed by atoms with Gasteiger partial charge in [0.25, 0.3) is 5.91 Å². The Labute approximate surface area is 221 Å². The maximum Gasteiger partial charge on any atom is 0.308 e. The maximum atomic E-state index is 13.4. The first-order chi connectivity index (χ1) is 17.9. The van der Waals surface area contributed by atoms with Gasteiger partial charge in [-0.05, 0) is 55.5 Å². The van der Waals surface area contributed by atoms with Crippen molar-refractivity contribution in [2.24, 2.45) is 13.0 Å².